The SMILES string of the molecule is COC(=O)c1ccc(-c2cccc(-c3c(-c4cccc(OC)c4C#N)c4cc(F)ccc4n3[S+]([O-])c3ccc(C)cc3)c2)c(C)c1. The van der Waals surface area contributed by atoms with Crippen molar-refractivity contribution >= 4 is 28.2 Å². The Bertz CT molecular complexity index is 2170. The first kappa shape index (κ1) is 30.7. The Morgan fingerprint density at radius 1 is 0.870 bits per heavy atom. The summed E-state index contributed by atoms with van der Waals surface area (Å²) in [5.41, 5.74) is 7.24. The first-order valence-corrected chi connectivity index (χ1v) is 15.6. The molecule has 0 aliphatic carbocycles. The Balaban J connectivity index is 1.69. The van der Waals surface area contributed by atoms with E-state index in [2.05, 4.69) is 6.07 Å². The number of rotatable bonds is 7. The zero-order chi connectivity index (χ0) is 32.5. The lowest BCUT2D eigenvalue weighted by atomic mass is 9.92. The number of hydrogen-bond acceptors (Lipinski definition) is 5. The van der Waals surface area contributed by atoms with Gasteiger partial charge in [0.2, 0.25) is 0 Å². The van der Waals surface area contributed by atoms with Crippen LogP contribution in [0.1, 0.15) is 27.0 Å². The monoisotopic (exact) mass is 628 g/mol. The summed E-state index contributed by atoms with van der Waals surface area (Å²) in [4.78, 5) is 12.7. The first-order valence-electron chi connectivity index (χ1n) is 14.5. The van der Waals surface area contributed by atoms with Gasteiger partial charge >= 0.3 is 5.97 Å². The van der Waals surface area contributed by atoms with E-state index in [9.17, 15) is 14.6 Å². The fourth-order valence-corrected chi connectivity index (χ4v) is 7.07. The number of aryl methyl sites for hydroxylation is 2. The van der Waals surface area contributed by atoms with Gasteiger partial charge in [-0.15, -0.1) is 0 Å². The van der Waals surface area contributed by atoms with Crippen LogP contribution in [0.2, 0.25) is 0 Å². The Morgan fingerprint density at radius 3 is 2.30 bits per heavy atom. The van der Waals surface area contributed by atoms with Crippen LogP contribution in [0, 0.1) is 31.0 Å². The highest BCUT2D eigenvalue weighted by Gasteiger charge is 2.30. The molecular weight excluding hydrogens is 599 g/mol. The quantitative estimate of drug-likeness (QED) is 0.130. The van der Waals surface area contributed by atoms with E-state index in [4.69, 9.17) is 9.47 Å². The van der Waals surface area contributed by atoms with Gasteiger partial charge in [0.25, 0.3) is 0 Å². The number of halogens is 1. The van der Waals surface area contributed by atoms with Crippen LogP contribution >= 0.6 is 0 Å². The van der Waals surface area contributed by atoms with Crippen LogP contribution in [0.3, 0.4) is 0 Å². The maximum Gasteiger partial charge on any atom is 0.337 e. The number of esters is 1. The van der Waals surface area contributed by atoms with Crippen LogP contribution in [0.5, 0.6) is 5.75 Å². The van der Waals surface area contributed by atoms with Crippen LogP contribution in [0.15, 0.2) is 108 Å². The summed E-state index contributed by atoms with van der Waals surface area (Å²) in [6, 6.07) is 32.5. The third kappa shape index (κ3) is 5.40. The highest BCUT2D eigenvalue weighted by atomic mass is 32.2. The lowest BCUT2D eigenvalue weighted by molar-refractivity contribution is 0.0600. The van der Waals surface area contributed by atoms with Crippen LogP contribution in [0.25, 0.3) is 44.4 Å². The summed E-state index contributed by atoms with van der Waals surface area (Å²) in [5, 5.41) is 10.8. The minimum absolute atomic E-state index is 0.279. The number of hydrogen-bond donors (Lipinski definition) is 0. The fourth-order valence-electron chi connectivity index (χ4n) is 5.79. The molecule has 0 aliphatic rings. The predicted molar refractivity (Wildman–Crippen MR) is 179 cm³/mol. The van der Waals surface area contributed by atoms with Crippen molar-refractivity contribution in [2.45, 2.75) is 18.7 Å². The van der Waals surface area contributed by atoms with Gasteiger partial charge in [-0.05, 0) is 85.1 Å². The third-order valence-electron chi connectivity index (χ3n) is 8.00. The van der Waals surface area contributed by atoms with Crippen molar-refractivity contribution in [1.82, 2.24) is 3.97 Å². The molecule has 6 rings (SSSR count). The van der Waals surface area contributed by atoms with Gasteiger partial charge in [-0.2, -0.15) is 9.23 Å². The number of nitriles is 1. The van der Waals surface area contributed by atoms with E-state index in [0.29, 0.717) is 49.5 Å². The second-order valence-corrected chi connectivity index (χ2v) is 12.2. The molecule has 1 atom stereocenters. The molecule has 0 radical (unpaired) electrons. The van der Waals surface area contributed by atoms with E-state index in [0.717, 1.165) is 22.3 Å². The maximum atomic E-state index is 15.0. The molecule has 0 spiro atoms. The van der Waals surface area contributed by atoms with Crippen LogP contribution < -0.4 is 4.74 Å². The fraction of sp³-hybridized carbons (Fsp3) is 0.105. The van der Waals surface area contributed by atoms with E-state index in [-0.39, 0.29) is 5.56 Å². The van der Waals surface area contributed by atoms with Crippen molar-refractivity contribution in [3.8, 4) is 45.3 Å². The molecule has 1 unspecified atom stereocenters. The Labute approximate surface area is 269 Å². The molecule has 5 aromatic carbocycles. The van der Waals surface area contributed by atoms with E-state index in [1.54, 1.807) is 40.4 Å². The highest BCUT2D eigenvalue weighted by molar-refractivity contribution is 7.90. The molecule has 0 bridgehead atoms. The molecule has 0 fully saturated rings. The molecule has 1 heterocycles. The lowest BCUT2D eigenvalue weighted by Crippen LogP contribution is -2.14. The second kappa shape index (κ2) is 12.6. The third-order valence-corrected chi connectivity index (χ3v) is 9.38. The smallest absolute Gasteiger partial charge is 0.337 e. The number of carbonyl (C=O) groups is 1. The van der Waals surface area contributed by atoms with Crippen molar-refractivity contribution in [1.29, 1.82) is 5.26 Å². The zero-order valence-electron chi connectivity index (χ0n) is 25.6. The standard InChI is InChI=1S/C38H29FN2O4S/c1-23-11-15-29(16-12-23)46(43)41-34-18-14-28(39)21-32(34)36(31-9-6-10-35(44-3)33(31)22-40)37(41)26-8-5-7-25(20-26)30-17-13-27(19-24(30)2)38(42)45-4/h5-21H,1-4H3. The molecule has 228 valence electrons. The van der Waals surface area contributed by atoms with Crippen molar-refractivity contribution in [2.75, 3.05) is 14.2 Å². The molecule has 46 heavy (non-hydrogen) atoms. The van der Waals surface area contributed by atoms with E-state index in [1.165, 1.54) is 26.4 Å². The summed E-state index contributed by atoms with van der Waals surface area (Å²) in [5.74, 6) is -0.511. The highest BCUT2D eigenvalue weighted by Crippen LogP contribution is 2.46. The summed E-state index contributed by atoms with van der Waals surface area (Å²) in [6.07, 6.45) is 0. The molecule has 8 heteroatoms. The van der Waals surface area contributed by atoms with Crippen molar-refractivity contribution in [2.24, 2.45) is 0 Å². The molecule has 0 saturated carbocycles. The number of nitrogens with zero attached hydrogens (tertiary/aromatic N) is 2. The molecule has 6 aromatic rings. The topological polar surface area (TPSA) is 87.3 Å². The van der Waals surface area contributed by atoms with Gasteiger partial charge in [-0.25, -0.2) is 9.18 Å². The van der Waals surface area contributed by atoms with Crippen LogP contribution in [0.4, 0.5) is 4.39 Å². The Morgan fingerprint density at radius 2 is 1.61 bits per heavy atom. The Hall–Kier alpha value is -5.36. The van der Waals surface area contributed by atoms with Gasteiger partial charge < -0.3 is 14.0 Å². The zero-order valence-corrected chi connectivity index (χ0v) is 26.4. The summed E-state index contributed by atoms with van der Waals surface area (Å²) in [6.45, 7) is 3.88. The number of fused-ring (bicyclic) bond motifs is 1. The van der Waals surface area contributed by atoms with Gasteiger partial charge in [0, 0.05) is 22.1 Å². The normalized spacial score (nSPS) is 11.7. The van der Waals surface area contributed by atoms with Crippen molar-refractivity contribution in [3.63, 3.8) is 0 Å². The molecule has 0 saturated heterocycles. The minimum Gasteiger partial charge on any atom is -0.587 e. The average molecular weight is 629 g/mol. The van der Waals surface area contributed by atoms with Gasteiger partial charge in [-0.3, -0.25) is 0 Å². The van der Waals surface area contributed by atoms with Crippen LogP contribution in [-0.4, -0.2) is 28.7 Å². The number of ether oxygens (including phenoxy) is 2. The van der Waals surface area contributed by atoms with Gasteiger partial charge in [-0.1, -0.05) is 54.1 Å². The largest absolute Gasteiger partial charge is 0.587 e. The number of benzene rings is 5. The number of aromatic nitrogens is 1. The maximum absolute atomic E-state index is 15.0. The molecule has 6 nitrogen and oxygen atoms in total. The first-order chi connectivity index (χ1) is 22.2. The average Bonchev–Trinajstić information content (AvgIpc) is 3.41. The van der Waals surface area contributed by atoms with Crippen molar-refractivity contribution < 1.29 is 23.2 Å². The summed E-state index contributed by atoms with van der Waals surface area (Å²) >= 11 is -1.75. The van der Waals surface area contributed by atoms with E-state index in [1.807, 2.05) is 68.4 Å². The van der Waals surface area contributed by atoms with Gasteiger partial charge in [0.1, 0.15) is 40.3 Å². The number of methoxy groups -OCH3 is 2. The second-order valence-electron chi connectivity index (χ2n) is 10.8. The molecule has 0 N–H and O–H groups in total. The summed E-state index contributed by atoms with van der Waals surface area (Å²) in [7, 11) is 2.84. The lowest BCUT2D eigenvalue weighted by Gasteiger charge is -2.17. The molecule has 0 aliphatic heterocycles. The molecular formula is C38H29FN2O4S. The number of carbonyl (C=O) groups excluding carboxylic acids is 1. The van der Waals surface area contributed by atoms with Gasteiger partial charge in [0.15, 0.2) is 4.90 Å². The van der Waals surface area contributed by atoms with Gasteiger partial charge in [0.05, 0.1) is 25.3 Å². The van der Waals surface area contributed by atoms with E-state index < -0.39 is 23.1 Å². The van der Waals surface area contributed by atoms with Crippen LogP contribution in [-0.2, 0) is 16.1 Å². The predicted octanol–water partition coefficient (Wildman–Crippen LogP) is 8.64. The van der Waals surface area contributed by atoms with E-state index >= 15 is 4.39 Å². The Kier molecular flexibility index (Phi) is 8.37. The summed E-state index contributed by atoms with van der Waals surface area (Å²) < 4.78 is 41.7. The molecule has 1 aromatic heterocycles. The molecule has 0 amide bonds. The minimum atomic E-state index is -1.75. The van der Waals surface area contributed by atoms with Crippen molar-refractivity contribution in [3.05, 3.63) is 131 Å².